The Kier molecular flexibility index (Phi) is 8.42. The van der Waals surface area contributed by atoms with Crippen molar-refractivity contribution in [3.05, 3.63) is 187 Å². The molecule has 0 N–H and O–H groups in total. The largest absolute Gasteiger partial charge is 0.208 e. The van der Waals surface area contributed by atoms with Crippen LogP contribution in [0.2, 0.25) is 0 Å². The van der Waals surface area contributed by atoms with Gasteiger partial charge in [-0.25, -0.2) is 15.0 Å². The predicted octanol–water partition coefficient (Wildman–Crippen LogP) is 13.0. The van der Waals surface area contributed by atoms with Crippen LogP contribution in [0.15, 0.2) is 170 Å². The monoisotopic (exact) mass is 718 g/mol. The zero-order chi connectivity index (χ0) is 37.5. The summed E-state index contributed by atoms with van der Waals surface area (Å²) in [5, 5.41) is 9.83. The van der Waals surface area contributed by atoms with Gasteiger partial charge in [0.25, 0.3) is 0 Å². The average molecular weight is 719 g/mol. The van der Waals surface area contributed by atoms with Crippen LogP contribution in [-0.4, -0.2) is 15.0 Å². The Hall–Kier alpha value is -6.96. The summed E-state index contributed by atoms with van der Waals surface area (Å²) in [7, 11) is 0. The van der Waals surface area contributed by atoms with Crippen molar-refractivity contribution >= 4 is 0 Å². The molecular weight excluding hydrogens is 681 g/mol. The molecule has 2 aliphatic carbocycles. The number of rotatable bonds is 6. The van der Waals surface area contributed by atoms with Gasteiger partial charge in [0, 0.05) is 22.1 Å². The summed E-state index contributed by atoms with van der Waals surface area (Å²) in [6.45, 7) is 0. The SMILES string of the molecule is N#Cc1ccc2c(c1)C1(CCCCC1)c1cccc(-c3cccc(-c4cccc(-c5ccc(-c6nc(-c7ccccc7)nc(-c7ccccc7)n6)cc5)c4)c3)c1-2. The minimum Gasteiger partial charge on any atom is -0.208 e. The molecule has 0 aliphatic heterocycles. The molecule has 8 aromatic rings. The summed E-state index contributed by atoms with van der Waals surface area (Å²) < 4.78 is 0. The summed E-state index contributed by atoms with van der Waals surface area (Å²) in [5.74, 6) is 1.95. The minimum atomic E-state index is -0.00876. The maximum atomic E-state index is 9.83. The van der Waals surface area contributed by atoms with E-state index in [-0.39, 0.29) is 5.41 Å². The number of fused-ring (bicyclic) bond motifs is 5. The minimum absolute atomic E-state index is 0.00876. The van der Waals surface area contributed by atoms with Crippen LogP contribution < -0.4 is 0 Å². The van der Waals surface area contributed by atoms with Crippen molar-refractivity contribution in [2.45, 2.75) is 37.5 Å². The molecule has 10 rings (SSSR count). The second kappa shape index (κ2) is 14.0. The van der Waals surface area contributed by atoms with Crippen molar-refractivity contribution in [3.8, 4) is 84.7 Å². The van der Waals surface area contributed by atoms with E-state index >= 15 is 0 Å². The first-order chi connectivity index (χ1) is 27.7. The molecule has 0 amide bonds. The number of aromatic nitrogens is 3. The van der Waals surface area contributed by atoms with Crippen LogP contribution in [0.25, 0.3) is 78.7 Å². The molecule has 0 radical (unpaired) electrons. The van der Waals surface area contributed by atoms with E-state index in [0.29, 0.717) is 17.5 Å². The van der Waals surface area contributed by atoms with E-state index in [1.165, 1.54) is 63.8 Å². The van der Waals surface area contributed by atoms with Crippen LogP contribution >= 0.6 is 0 Å². The fourth-order valence-corrected chi connectivity index (χ4v) is 9.04. The van der Waals surface area contributed by atoms with E-state index < -0.39 is 0 Å². The van der Waals surface area contributed by atoms with Gasteiger partial charge in [0.15, 0.2) is 17.5 Å². The van der Waals surface area contributed by atoms with Crippen LogP contribution in [0, 0.1) is 11.3 Å². The van der Waals surface area contributed by atoms with Gasteiger partial charge in [0.2, 0.25) is 0 Å². The van der Waals surface area contributed by atoms with Gasteiger partial charge in [0.1, 0.15) is 0 Å². The normalized spacial score (nSPS) is 13.8. The van der Waals surface area contributed by atoms with Crippen molar-refractivity contribution in [3.63, 3.8) is 0 Å². The third-order valence-electron chi connectivity index (χ3n) is 11.8. The maximum Gasteiger partial charge on any atom is 0.164 e. The second-order valence-electron chi connectivity index (χ2n) is 15.0. The molecule has 1 aromatic heterocycles. The zero-order valence-corrected chi connectivity index (χ0v) is 31.0. The third-order valence-corrected chi connectivity index (χ3v) is 11.8. The summed E-state index contributed by atoms with van der Waals surface area (Å²) in [6.07, 6.45) is 5.99. The van der Waals surface area contributed by atoms with Gasteiger partial charge >= 0.3 is 0 Å². The van der Waals surface area contributed by atoms with Gasteiger partial charge < -0.3 is 0 Å². The van der Waals surface area contributed by atoms with Crippen molar-refractivity contribution in [1.29, 1.82) is 5.26 Å². The zero-order valence-electron chi connectivity index (χ0n) is 31.0. The highest BCUT2D eigenvalue weighted by Crippen LogP contribution is 2.58. The molecular formula is C52H38N4. The van der Waals surface area contributed by atoms with Crippen LogP contribution in [0.5, 0.6) is 0 Å². The summed E-state index contributed by atoms with van der Waals surface area (Å²) in [5.41, 5.74) is 16.1. The molecule has 7 aromatic carbocycles. The van der Waals surface area contributed by atoms with Gasteiger partial charge in [-0.3, -0.25) is 0 Å². The number of hydrogen-bond donors (Lipinski definition) is 0. The van der Waals surface area contributed by atoms with E-state index in [1.807, 2.05) is 66.7 Å². The summed E-state index contributed by atoms with van der Waals surface area (Å²) in [4.78, 5) is 14.7. The molecule has 56 heavy (non-hydrogen) atoms. The number of nitriles is 1. The van der Waals surface area contributed by atoms with E-state index in [2.05, 4.69) is 109 Å². The first kappa shape index (κ1) is 33.6. The molecule has 2 aliphatic rings. The fraction of sp³-hybridized carbons (Fsp3) is 0.115. The number of nitrogens with zero attached hydrogens (tertiary/aromatic N) is 4. The predicted molar refractivity (Wildman–Crippen MR) is 226 cm³/mol. The Morgan fingerprint density at radius 3 is 1.50 bits per heavy atom. The first-order valence-corrected chi connectivity index (χ1v) is 19.5. The Labute approximate surface area is 327 Å². The molecule has 1 spiro atoms. The Morgan fingerprint density at radius 1 is 0.393 bits per heavy atom. The van der Waals surface area contributed by atoms with E-state index in [1.54, 1.807) is 0 Å². The lowest BCUT2D eigenvalue weighted by molar-refractivity contribution is 0.353. The third kappa shape index (κ3) is 5.90. The van der Waals surface area contributed by atoms with Crippen LogP contribution in [0.1, 0.15) is 48.8 Å². The quantitative estimate of drug-likeness (QED) is 0.172. The average Bonchev–Trinajstić information content (AvgIpc) is 3.55. The van der Waals surface area contributed by atoms with Crippen molar-refractivity contribution in [2.24, 2.45) is 0 Å². The molecule has 0 saturated heterocycles. The standard InChI is InChI=1S/C52H38N4/c53-34-35-23-28-45-47(31-35)52(29-8-3-9-30-52)46-22-12-21-44(48(45)46)43-20-11-19-42(33-43)41-18-10-17-40(32-41)36-24-26-39(27-25-36)51-55-49(37-13-4-1-5-14-37)54-50(56-51)38-15-6-2-7-16-38/h1-2,4-7,10-28,31-33H,3,8-9,29-30H2. The van der Waals surface area contributed by atoms with Crippen LogP contribution in [-0.2, 0) is 5.41 Å². The highest BCUT2D eigenvalue weighted by Gasteiger charge is 2.44. The van der Waals surface area contributed by atoms with Crippen molar-refractivity contribution in [1.82, 2.24) is 15.0 Å². The molecule has 0 atom stereocenters. The van der Waals surface area contributed by atoms with E-state index in [0.717, 1.165) is 46.2 Å². The lowest BCUT2D eigenvalue weighted by Crippen LogP contribution is -2.28. The summed E-state index contributed by atoms with van der Waals surface area (Å²) >= 11 is 0. The number of hydrogen-bond acceptors (Lipinski definition) is 4. The van der Waals surface area contributed by atoms with Gasteiger partial charge in [-0.05, 0) is 92.7 Å². The van der Waals surface area contributed by atoms with E-state index in [4.69, 9.17) is 15.0 Å². The molecule has 0 bridgehead atoms. The number of benzene rings is 7. The van der Waals surface area contributed by atoms with Crippen LogP contribution in [0.4, 0.5) is 0 Å². The molecule has 1 saturated carbocycles. The fourth-order valence-electron chi connectivity index (χ4n) is 9.04. The Bertz CT molecular complexity index is 2720. The van der Waals surface area contributed by atoms with Gasteiger partial charge in [0.05, 0.1) is 11.6 Å². The van der Waals surface area contributed by atoms with Gasteiger partial charge in [-0.1, -0.05) is 165 Å². The molecule has 1 fully saturated rings. The molecule has 266 valence electrons. The topological polar surface area (TPSA) is 62.5 Å². The van der Waals surface area contributed by atoms with Gasteiger partial charge in [-0.15, -0.1) is 0 Å². The highest BCUT2D eigenvalue weighted by atomic mass is 15.0. The lowest BCUT2D eigenvalue weighted by atomic mass is 9.67. The van der Waals surface area contributed by atoms with Crippen LogP contribution in [0.3, 0.4) is 0 Å². The Morgan fingerprint density at radius 2 is 0.893 bits per heavy atom. The van der Waals surface area contributed by atoms with Gasteiger partial charge in [-0.2, -0.15) is 5.26 Å². The van der Waals surface area contributed by atoms with Crippen molar-refractivity contribution in [2.75, 3.05) is 0 Å². The molecule has 4 heteroatoms. The van der Waals surface area contributed by atoms with E-state index in [9.17, 15) is 5.26 Å². The Balaban J connectivity index is 0.987. The molecule has 0 unspecified atom stereocenters. The van der Waals surface area contributed by atoms with Crippen molar-refractivity contribution < 1.29 is 0 Å². The molecule has 1 heterocycles. The highest BCUT2D eigenvalue weighted by molar-refractivity contribution is 5.94. The summed E-state index contributed by atoms with van der Waals surface area (Å²) in [6, 6.07) is 62.1. The lowest BCUT2D eigenvalue weighted by Gasteiger charge is -2.36. The maximum absolute atomic E-state index is 9.83. The first-order valence-electron chi connectivity index (χ1n) is 19.5. The second-order valence-corrected chi connectivity index (χ2v) is 15.0. The molecule has 4 nitrogen and oxygen atoms in total. The smallest absolute Gasteiger partial charge is 0.164 e.